The molecular formula is C12H14N2O3. The molecular weight excluding hydrogens is 220 g/mol. The number of aromatic nitrogens is 2. The Morgan fingerprint density at radius 1 is 1.06 bits per heavy atom. The van der Waals surface area contributed by atoms with Crippen LogP contribution in [0, 0.1) is 0 Å². The Bertz CT molecular complexity index is 486. The van der Waals surface area contributed by atoms with Gasteiger partial charge in [0.05, 0.1) is 14.2 Å². The van der Waals surface area contributed by atoms with E-state index in [1.807, 2.05) is 19.1 Å². The number of benzene rings is 1. The van der Waals surface area contributed by atoms with Crippen LogP contribution < -0.4 is 9.47 Å². The van der Waals surface area contributed by atoms with Gasteiger partial charge in [-0.25, -0.2) is 0 Å². The predicted octanol–water partition coefficient (Wildman–Crippen LogP) is 2.32. The molecule has 0 fully saturated rings. The molecule has 90 valence electrons. The van der Waals surface area contributed by atoms with Gasteiger partial charge in [0.1, 0.15) is 11.5 Å². The van der Waals surface area contributed by atoms with Crippen molar-refractivity contribution in [1.82, 2.24) is 10.2 Å². The van der Waals surface area contributed by atoms with Crippen LogP contribution >= 0.6 is 0 Å². The van der Waals surface area contributed by atoms with Gasteiger partial charge in [-0.2, -0.15) is 0 Å². The van der Waals surface area contributed by atoms with Crippen LogP contribution in [-0.4, -0.2) is 24.4 Å². The van der Waals surface area contributed by atoms with Gasteiger partial charge in [-0.3, -0.25) is 0 Å². The van der Waals surface area contributed by atoms with E-state index >= 15 is 0 Å². The molecule has 5 heteroatoms. The highest BCUT2D eigenvalue weighted by Crippen LogP contribution is 2.28. The molecule has 1 heterocycles. The lowest BCUT2D eigenvalue weighted by Gasteiger charge is -2.05. The van der Waals surface area contributed by atoms with Gasteiger partial charge in [0, 0.05) is 18.1 Å². The maximum Gasteiger partial charge on any atom is 0.248 e. The Balaban J connectivity index is 2.43. The number of hydrogen-bond acceptors (Lipinski definition) is 5. The molecule has 0 bridgehead atoms. The second kappa shape index (κ2) is 4.86. The highest BCUT2D eigenvalue weighted by atomic mass is 16.5. The van der Waals surface area contributed by atoms with Gasteiger partial charge in [0.2, 0.25) is 11.8 Å². The minimum absolute atomic E-state index is 0.471. The molecule has 2 aromatic rings. The van der Waals surface area contributed by atoms with E-state index in [1.54, 1.807) is 20.3 Å². The van der Waals surface area contributed by atoms with Crippen LogP contribution in [0.1, 0.15) is 12.8 Å². The summed E-state index contributed by atoms with van der Waals surface area (Å²) in [6.07, 6.45) is 0.716. The Morgan fingerprint density at radius 2 is 1.71 bits per heavy atom. The largest absolute Gasteiger partial charge is 0.497 e. The topological polar surface area (TPSA) is 57.4 Å². The first-order valence-corrected chi connectivity index (χ1v) is 5.32. The predicted molar refractivity (Wildman–Crippen MR) is 62.2 cm³/mol. The Kier molecular flexibility index (Phi) is 3.27. The first-order valence-electron chi connectivity index (χ1n) is 5.32. The Hall–Kier alpha value is -2.04. The van der Waals surface area contributed by atoms with E-state index in [0.717, 1.165) is 5.56 Å². The average molecular weight is 234 g/mol. The van der Waals surface area contributed by atoms with Gasteiger partial charge in [-0.05, 0) is 12.1 Å². The molecule has 0 saturated carbocycles. The van der Waals surface area contributed by atoms with Crippen molar-refractivity contribution in [2.75, 3.05) is 14.2 Å². The molecule has 0 spiro atoms. The summed E-state index contributed by atoms with van der Waals surface area (Å²) in [5.74, 6) is 2.46. The number of ether oxygens (including phenoxy) is 2. The summed E-state index contributed by atoms with van der Waals surface area (Å²) >= 11 is 0. The van der Waals surface area contributed by atoms with Crippen LogP contribution in [0.15, 0.2) is 22.6 Å². The lowest BCUT2D eigenvalue weighted by atomic mass is 10.2. The summed E-state index contributed by atoms with van der Waals surface area (Å²) < 4.78 is 15.8. The summed E-state index contributed by atoms with van der Waals surface area (Å²) in [7, 11) is 3.20. The van der Waals surface area contributed by atoms with Crippen LogP contribution in [0.4, 0.5) is 0 Å². The van der Waals surface area contributed by atoms with Gasteiger partial charge in [-0.1, -0.05) is 6.92 Å². The fourth-order valence-electron chi connectivity index (χ4n) is 1.44. The molecule has 0 amide bonds. The zero-order valence-corrected chi connectivity index (χ0v) is 10.1. The van der Waals surface area contributed by atoms with Gasteiger partial charge < -0.3 is 13.9 Å². The molecule has 2 rings (SSSR count). The summed E-state index contributed by atoms with van der Waals surface area (Å²) in [6, 6.07) is 5.45. The minimum atomic E-state index is 0.471. The zero-order valence-electron chi connectivity index (χ0n) is 10.1. The fourth-order valence-corrected chi connectivity index (χ4v) is 1.44. The first kappa shape index (κ1) is 11.4. The van der Waals surface area contributed by atoms with Crippen molar-refractivity contribution in [2.24, 2.45) is 0 Å². The van der Waals surface area contributed by atoms with Crippen molar-refractivity contribution in [3.63, 3.8) is 0 Å². The Labute approximate surface area is 99.4 Å². The zero-order chi connectivity index (χ0) is 12.3. The number of hydrogen-bond donors (Lipinski definition) is 0. The fraction of sp³-hybridized carbons (Fsp3) is 0.333. The average Bonchev–Trinajstić information content (AvgIpc) is 2.86. The molecule has 0 N–H and O–H groups in total. The van der Waals surface area contributed by atoms with Crippen molar-refractivity contribution in [2.45, 2.75) is 13.3 Å². The van der Waals surface area contributed by atoms with Crippen molar-refractivity contribution in [3.8, 4) is 23.0 Å². The van der Waals surface area contributed by atoms with E-state index in [1.165, 1.54) is 0 Å². The maximum absolute atomic E-state index is 5.48. The molecule has 0 unspecified atom stereocenters. The molecule has 1 aromatic heterocycles. The molecule has 0 aliphatic carbocycles. The second-order valence-electron chi connectivity index (χ2n) is 3.46. The van der Waals surface area contributed by atoms with Crippen LogP contribution in [0.3, 0.4) is 0 Å². The molecule has 0 saturated heterocycles. The third-order valence-electron chi connectivity index (χ3n) is 2.37. The number of rotatable bonds is 4. The lowest BCUT2D eigenvalue weighted by Crippen LogP contribution is -1.88. The van der Waals surface area contributed by atoms with E-state index in [-0.39, 0.29) is 0 Å². The summed E-state index contributed by atoms with van der Waals surface area (Å²) in [4.78, 5) is 0. The molecule has 0 aliphatic rings. The first-order chi connectivity index (χ1) is 8.26. The van der Waals surface area contributed by atoms with E-state index in [4.69, 9.17) is 13.9 Å². The van der Waals surface area contributed by atoms with E-state index < -0.39 is 0 Å². The number of methoxy groups -OCH3 is 2. The molecule has 0 atom stereocenters. The van der Waals surface area contributed by atoms with Crippen molar-refractivity contribution < 1.29 is 13.9 Å². The highest BCUT2D eigenvalue weighted by Gasteiger charge is 2.10. The van der Waals surface area contributed by atoms with Gasteiger partial charge >= 0.3 is 0 Å². The Morgan fingerprint density at radius 3 is 2.18 bits per heavy atom. The minimum Gasteiger partial charge on any atom is -0.497 e. The smallest absolute Gasteiger partial charge is 0.248 e. The van der Waals surface area contributed by atoms with Crippen molar-refractivity contribution in [1.29, 1.82) is 0 Å². The summed E-state index contributed by atoms with van der Waals surface area (Å²) in [5, 5.41) is 7.90. The van der Waals surface area contributed by atoms with Crippen molar-refractivity contribution in [3.05, 3.63) is 24.1 Å². The third-order valence-corrected chi connectivity index (χ3v) is 2.37. The molecule has 17 heavy (non-hydrogen) atoms. The number of nitrogens with zero attached hydrogens (tertiary/aromatic N) is 2. The molecule has 5 nitrogen and oxygen atoms in total. The van der Waals surface area contributed by atoms with E-state index in [9.17, 15) is 0 Å². The van der Waals surface area contributed by atoms with E-state index in [2.05, 4.69) is 10.2 Å². The maximum atomic E-state index is 5.48. The lowest BCUT2D eigenvalue weighted by molar-refractivity contribution is 0.394. The van der Waals surface area contributed by atoms with Gasteiger partial charge in [-0.15, -0.1) is 10.2 Å². The van der Waals surface area contributed by atoms with Crippen LogP contribution in [0.5, 0.6) is 11.5 Å². The van der Waals surface area contributed by atoms with Crippen LogP contribution in [0.2, 0.25) is 0 Å². The summed E-state index contributed by atoms with van der Waals surface area (Å²) in [6.45, 7) is 1.96. The monoisotopic (exact) mass is 234 g/mol. The molecule has 0 radical (unpaired) electrons. The SMILES string of the molecule is CCc1nnc(-c2cc(OC)cc(OC)c2)o1. The quantitative estimate of drug-likeness (QED) is 0.812. The van der Waals surface area contributed by atoms with Crippen molar-refractivity contribution >= 4 is 0 Å². The van der Waals surface area contributed by atoms with Crippen LogP contribution in [-0.2, 0) is 6.42 Å². The van der Waals surface area contributed by atoms with Gasteiger partial charge in [0.15, 0.2) is 0 Å². The second-order valence-corrected chi connectivity index (χ2v) is 3.46. The molecule has 1 aromatic carbocycles. The number of aryl methyl sites for hydroxylation is 1. The summed E-state index contributed by atoms with van der Waals surface area (Å²) in [5.41, 5.74) is 0.786. The normalized spacial score (nSPS) is 10.3. The third kappa shape index (κ3) is 2.38. The van der Waals surface area contributed by atoms with E-state index in [0.29, 0.717) is 29.7 Å². The highest BCUT2D eigenvalue weighted by molar-refractivity contribution is 5.59. The molecule has 0 aliphatic heterocycles. The standard InChI is InChI=1S/C12H14N2O3/c1-4-11-13-14-12(17-11)8-5-9(15-2)7-10(6-8)16-3/h5-7H,4H2,1-3H3. The van der Waals surface area contributed by atoms with Gasteiger partial charge in [0.25, 0.3) is 0 Å². The van der Waals surface area contributed by atoms with Crippen LogP contribution in [0.25, 0.3) is 11.5 Å².